The lowest BCUT2D eigenvalue weighted by Gasteiger charge is -2.04. The van der Waals surface area contributed by atoms with Gasteiger partial charge in [-0.05, 0) is 24.3 Å². The molecule has 6 heteroatoms. The fourth-order valence-corrected chi connectivity index (χ4v) is 2.20. The zero-order valence-corrected chi connectivity index (χ0v) is 11.6. The number of carbonyl (C=O) groups excluding carboxylic acids is 1. The lowest BCUT2D eigenvalue weighted by atomic mass is 10.2. The van der Waals surface area contributed by atoms with E-state index in [0.717, 1.165) is 29.5 Å². The monoisotopic (exact) mass is 301 g/mol. The molecule has 0 spiro atoms. The van der Waals surface area contributed by atoms with Crippen LogP contribution in [0.3, 0.4) is 0 Å². The minimum absolute atomic E-state index is 0.0347. The zero-order valence-electron chi connectivity index (χ0n) is 11.6. The second kappa shape index (κ2) is 5.93. The number of aromatic nitrogens is 2. The van der Waals surface area contributed by atoms with Crippen LogP contribution in [0.2, 0.25) is 0 Å². The molecule has 3 rings (SSSR count). The molecule has 1 amide bonds. The predicted molar refractivity (Wildman–Crippen MR) is 77.6 cm³/mol. The first kappa shape index (κ1) is 14.2. The maximum absolute atomic E-state index is 13.1. The molecule has 0 aliphatic carbocycles. The number of halogens is 2. The molecule has 0 radical (unpaired) electrons. The number of nitrogens with zero attached hydrogens (tertiary/aromatic N) is 2. The molecule has 0 saturated carbocycles. The van der Waals surface area contributed by atoms with Gasteiger partial charge in [-0.2, -0.15) is 0 Å². The van der Waals surface area contributed by atoms with E-state index in [-0.39, 0.29) is 5.56 Å². The van der Waals surface area contributed by atoms with Crippen LogP contribution in [0.1, 0.15) is 16.1 Å². The van der Waals surface area contributed by atoms with E-state index in [0.29, 0.717) is 13.0 Å². The van der Waals surface area contributed by atoms with Crippen LogP contribution in [0.4, 0.5) is 8.78 Å². The van der Waals surface area contributed by atoms with Gasteiger partial charge in [0.15, 0.2) is 0 Å². The van der Waals surface area contributed by atoms with E-state index >= 15 is 0 Å². The summed E-state index contributed by atoms with van der Waals surface area (Å²) in [6.45, 7) is 0.334. The summed E-state index contributed by atoms with van der Waals surface area (Å²) in [5.74, 6) is -2.06. The molecular formula is C16H13F2N3O. The summed E-state index contributed by atoms with van der Waals surface area (Å²) in [5.41, 5.74) is 1.63. The van der Waals surface area contributed by atoms with Crippen molar-refractivity contribution in [3.05, 3.63) is 71.7 Å². The Kier molecular flexibility index (Phi) is 3.82. The van der Waals surface area contributed by atoms with Gasteiger partial charge in [0.05, 0.1) is 5.69 Å². The average Bonchev–Trinajstić information content (AvgIpc) is 2.88. The number of amides is 1. The molecule has 1 N–H and O–H groups in total. The Morgan fingerprint density at radius 1 is 1.18 bits per heavy atom. The molecule has 112 valence electrons. The third-order valence-corrected chi connectivity index (χ3v) is 3.21. The lowest BCUT2D eigenvalue weighted by molar-refractivity contribution is 0.0953. The van der Waals surface area contributed by atoms with Crippen molar-refractivity contribution in [1.29, 1.82) is 0 Å². The highest BCUT2D eigenvalue weighted by Gasteiger charge is 2.09. The number of benzene rings is 1. The Morgan fingerprint density at radius 2 is 1.95 bits per heavy atom. The SMILES string of the molecule is O=C(NCCc1cn2ccccc2n1)c1cc(F)cc(F)c1. The number of fused-ring (bicyclic) bond motifs is 1. The summed E-state index contributed by atoms with van der Waals surface area (Å²) < 4.78 is 28.0. The molecular weight excluding hydrogens is 288 g/mol. The fraction of sp³-hybridized carbons (Fsp3) is 0.125. The zero-order chi connectivity index (χ0) is 15.5. The van der Waals surface area contributed by atoms with Gasteiger partial charge in [0.1, 0.15) is 17.3 Å². The topological polar surface area (TPSA) is 46.4 Å². The number of hydrogen-bond acceptors (Lipinski definition) is 2. The van der Waals surface area contributed by atoms with E-state index in [4.69, 9.17) is 0 Å². The van der Waals surface area contributed by atoms with Crippen LogP contribution in [-0.2, 0) is 6.42 Å². The molecule has 3 aromatic rings. The van der Waals surface area contributed by atoms with Crippen molar-refractivity contribution >= 4 is 11.6 Å². The summed E-state index contributed by atoms with van der Waals surface area (Å²) in [6.07, 6.45) is 4.30. The van der Waals surface area contributed by atoms with Gasteiger partial charge in [-0.25, -0.2) is 13.8 Å². The highest BCUT2D eigenvalue weighted by Crippen LogP contribution is 2.08. The van der Waals surface area contributed by atoms with Crippen molar-refractivity contribution in [2.24, 2.45) is 0 Å². The van der Waals surface area contributed by atoms with Crippen LogP contribution in [0.25, 0.3) is 5.65 Å². The van der Waals surface area contributed by atoms with E-state index in [2.05, 4.69) is 10.3 Å². The van der Waals surface area contributed by atoms with Crippen LogP contribution in [0.5, 0.6) is 0 Å². The van der Waals surface area contributed by atoms with Crippen LogP contribution in [0, 0.1) is 11.6 Å². The highest BCUT2D eigenvalue weighted by molar-refractivity contribution is 5.94. The second-order valence-corrected chi connectivity index (χ2v) is 4.86. The molecule has 0 bridgehead atoms. The van der Waals surface area contributed by atoms with Crippen LogP contribution >= 0.6 is 0 Å². The van der Waals surface area contributed by atoms with Gasteiger partial charge in [-0.15, -0.1) is 0 Å². The molecule has 0 fully saturated rings. The Morgan fingerprint density at radius 3 is 2.68 bits per heavy atom. The number of carbonyl (C=O) groups is 1. The van der Waals surface area contributed by atoms with E-state index in [1.165, 1.54) is 0 Å². The molecule has 2 aromatic heterocycles. The van der Waals surface area contributed by atoms with E-state index in [1.54, 1.807) is 0 Å². The molecule has 0 saturated heterocycles. The van der Waals surface area contributed by atoms with Crippen LogP contribution in [-0.4, -0.2) is 21.8 Å². The number of pyridine rings is 1. The Bertz CT molecular complexity index is 776. The van der Waals surface area contributed by atoms with Gasteiger partial charge < -0.3 is 9.72 Å². The second-order valence-electron chi connectivity index (χ2n) is 4.86. The average molecular weight is 301 g/mol. The third kappa shape index (κ3) is 3.11. The predicted octanol–water partition coefficient (Wildman–Crippen LogP) is 2.59. The molecule has 0 aliphatic rings. The van der Waals surface area contributed by atoms with Crippen molar-refractivity contribution in [3.63, 3.8) is 0 Å². The van der Waals surface area contributed by atoms with E-state index < -0.39 is 17.5 Å². The summed E-state index contributed by atoms with van der Waals surface area (Å²) in [5, 5.41) is 2.62. The van der Waals surface area contributed by atoms with Gasteiger partial charge in [-0.1, -0.05) is 6.07 Å². The Balaban J connectivity index is 1.61. The summed E-state index contributed by atoms with van der Waals surface area (Å²) in [4.78, 5) is 16.2. The number of imidazole rings is 1. The number of hydrogen-bond donors (Lipinski definition) is 1. The maximum Gasteiger partial charge on any atom is 0.251 e. The summed E-state index contributed by atoms with van der Waals surface area (Å²) in [6, 6.07) is 8.42. The first-order valence-corrected chi connectivity index (χ1v) is 6.79. The minimum Gasteiger partial charge on any atom is -0.352 e. The molecule has 0 aliphatic heterocycles. The summed E-state index contributed by atoms with van der Waals surface area (Å²) >= 11 is 0. The van der Waals surface area contributed by atoms with Crippen molar-refractivity contribution in [2.45, 2.75) is 6.42 Å². The highest BCUT2D eigenvalue weighted by atomic mass is 19.1. The maximum atomic E-state index is 13.1. The first-order valence-electron chi connectivity index (χ1n) is 6.79. The number of nitrogens with one attached hydrogen (secondary N) is 1. The minimum atomic E-state index is -0.773. The molecule has 22 heavy (non-hydrogen) atoms. The van der Waals surface area contributed by atoms with Gasteiger partial charge in [0.2, 0.25) is 0 Å². The fourth-order valence-electron chi connectivity index (χ4n) is 2.20. The molecule has 0 unspecified atom stereocenters. The van der Waals surface area contributed by atoms with Crippen molar-refractivity contribution in [3.8, 4) is 0 Å². The molecule has 0 atom stereocenters. The normalized spacial score (nSPS) is 10.8. The first-order chi connectivity index (χ1) is 10.6. The number of rotatable bonds is 4. The van der Waals surface area contributed by atoms with Gasteiger partial charge in [-0.3, -0.25) is 4.79 Å². The molecule has 1 aromatic carbocycles. The Labute approximate surface area is 125 Å². The largest absolute Gasteiger partial charge is 0.352 e. The van der Waals surface area contributed by atoms with Crippen LogP contribution in [0.15, 0.2) is 48.8 Å². The molecule has 2 heterocycles. The lowest BCUT2D eigenvalue weighted by Crippen LogP contribution is -2.26. The Hall–Kier alpha value is -2.76. The van der Waals surface area contributed by atoms with Gasteiger partial charge in [0.25, 0.3) is 5.91 Å². The van der Waals surface area contributed by atoms with E-state index in [9.17, 15) is 13.6 Å². The van der Waals surface area contributed by atoms with Crippen molar-refractivity contribution < 1.29 is 13.6 Å². The molecule has 4 nitrogen and oxygen atoms in total. The van der Waals surface area contributed by atoms with Crippen LogP contribution < -0.4 is 5.32 Å². The van der Waals surface area contributed by atoms with Crippen molar-refractivity contribution in [1.82, 2.24) is 14.7 Å². The standard InChI is InChI=1S/C16H13F2N3O/c17-12-7-11(8-13(18)9-12)16(22)19-5-4-14-10-21-6-2-1-3-15(21)20-14/h1-3,6-10H,4-5H2,(H,19,22). The third-order valence-electron chi connectivity index (χ3n) is 3.21. The van der Waals surface area contributed by atoms with Gasteiger partial charge in [0, 0.05) is 37.0 Å². The van der Waals surface area contributed by atoms with Gasteiger partial charge >= 0.3 is 0 Å². The summed E-state index contributed by atoms with van der Waals surface area (Å²) in [7, 11) is 0. The quantitative estimate of drug-likeness (QED) is 0.805. The van der Waals surface area contributed by atoms with E-state index in [1.807, 2.05) is 35.0 Å². The smallest absolute Gasteiger partial charge is 0.251 e. The van der Waals surface area contributed by atoms with Crippen molar-refractivity contribution in [2.75, 3.05) is 6.54 Å².